The van der Waals surface area contributed by atoms with Crippen LogP contribution < -0.4 is 10.2 Å². The van der Waals surface area contributed by atoms with Crippen LogP contribution in [0.5, 0.6) is 0 Å². The topological polar surface area (TPSA) is 54.2 Å². The zero-order chi connectivity index (χ0) is 11.1. The number of nitrogens with zero attached hydrogens (tertiary/aromatic N) is 3. The van der Waals surface area contributed by atoms with Crippen LogP contribution in [0.15, 0.2) is 4.52 Å². The lowest BCUT2D eigenvalue weighted by Gasteiger charge is -2.41. The van der Waals surface area contributed by atoms with Crippen molar-refractivity contribution in [2.24, 2.45) is 5.92 Å². The highest BCUT2D eigenvalue weighted by molar-refractivity contribution is 5.25. The van der Waals surface area contributed by atoms with E-state index in [1.807, 2.05) is 19.0 Å². The first-order valence-electron chi connectivity index (χ1n) is 5.98. The minimum atomic E-state index is 0.425. The second-order valence-electron chi connectivity index (χ2n) is 5.13. The molecule has 3 atom stereocenters. The van der Waals surface area contributed by atoms with Gasteiger partial charge in [-0.1, -0.05) is 0 Å². The van der Waals surface area contributed by atoms with Gasteiger partial charge >= 0.3 is 0 Å². The Labute approximate surface area is 95.2 Å². The molecule has 3 fully saturated rings. The fraction of sp³-hybridized carbons (Fsp3) is 0.818. The monoisotopic (exact) mass is 222 g/mol. The summed E-state index contributed by atoms with van der Waals surface area (Å²) < 4.78 is 5.38. The van der Waals surface area contributed by atoms with Crippen LogP contribution in [0.3, 0.4) is 0 Å². The zero-order valence-corrected chi connectivity index (χ0v) is 9.81. The molecule has 2 saturated heterocycles. The third-order valence-electron chi connectivity index (χ3n) is 3.78. The second kappa shape index (κ2) is 3.73. The predicted molar refractivity (Wildman–Crippen MR) is 60.5 cm³/mol. The van der Waals surface area contributed by atoms with E-state index in [4.69, 9.17) is 4.52 Å². The Hall–Kier alpha value is -1.10. The molecule has 4 rings (SSSR count). The lowest BCUT2D eigenvalue weighted by molar-refractivity contribution is 0.158. The average Bonchev–Trinajstić information content (AvgIpc) is 2.80. The number of hydrogen-bond donors (Lipinski definition) is 1. The molecule has 88 valence electrons. The number of hydrogen-bond acceptors (Lipinski definition) is 5. The van der Waals surface area contributed by atoms with E-state index in [-0.39, 0.29) is 0 Å². The maximum Gasteiger partial charge on any atom is 0.265 e. The van der Waals surface area contributed by atoms with Crippen molar-refractivity contribution in [3.63, 3.8) is 0 Å². The van der Waals surface area contributed by atoms with Crippen molar-refractivity contribution in [3.05, 3.63) is 5.89 Å². The summed E-state index contributed by atoms with van der Waals surface area (Å²) in [6.45, 7) is 1.16. The van der Waals surface area contributed by atoms with E-state index in [1.54, 1.807) is 0 Å². The molecule has 16 heavy (non-hydrogen) atoms. The Morgan fingerprint density at radius 1 is 1.38 bits per heavy atom. The molecule has 2 bridgehead atoms. The number of rotatable bonds is 2. The van der Waals surface area contributed by atoms with E-state index in [2.05, 4.69) is 15.5 Å². The van der Waals surface area contributed by atoms with Gasteiger partial charge in [0.15, 0.2) is 0 Å². The van der Waals surface area contributed by atoms with E-state index >= 15 is 0 Å². The fourth-order valence-electron chi connectivity index (χ4n) is 2.84. The third-order valence-corrected chi connectivity index (χ3v) is 3.78. The quantitative estimate of drug-likeness (QED) is 0.808. The summed E-state index contributed by atoms with van der Waals surface area (Å²) >= 11 is 0. The molecule has 3 unspecified atom stereocenters. The van der Waals surface area contributed by atoms with Gasteiger partial charge in [0, 0.05) is 20.1 Å². The number of anilines is 1. The average molecular weight is 222 g/mol. The van der Waals surface area contributed by atoms with Crippen LogP contribution in [0.1, 0.15) is 31.1 Å². The van der Waals surface area contributed by atoms with Crippen LogP contribution in [0.2, 0.25) is 0 Å². The van der Waals surface area contributed by atoms with Gasteiger partial charge in [-0.2, -0.15) is 4.98 Å². The molecule has 2 aliphatic heterocycles. The maximum atomic E-state index is 5.38. The molecule has 1 aromatic heterocycles. The molecule has 5 nitrogen and oxygen atoms in total. The minimum absolute atomic E-state index is 0.425. The number of aromatic nitrogens is 2. The van der Waals surface area contributed by atoms with Crippen LogP contribution in [0, 0.1) is 5.92 Å². The number of piperidine rings is 2. The molecular weight excluding hydrogens is 204 g/mol. The smallest absolute Gasteiger partial charge is 0.265 e. The van der Waals surface area contributed by atoms with Crippen molar-refractivity contribution in [2.75, 3.05) is 25.5 Å². The van der Waals surface area contributed by atoms with E-state index in [9.17, 15) is 0 Å². The Morgan fingerprint density at radius 2 is 2.25 bits per heavy atom. The molecule has 0 amide bonds. The van der Waals surface area contributed by atoms with Crippen molar-refractivity contribution < 1.29 is 4.52 Å². The largest absolute Gasteiger partial charge is 0.344 e. The molecule has 3 heterocycles. The van der Waals surface area contributed by atoms with Crippen LogP contribution in [-0.2, 0) is 0 Å². The number of fused-ring (bicyclic) bond motifs is 3. The van der Waals surface area contributed by atoms with Gasteiger partial charge in [0.05, 0.1) is 5.92 Å². The van der Waals surface area contributed by atoms with E-state index in [0.29, 0.717) is 17.9 Å². The molecule has 0 spiro atoms. The summed E-state index contributed by atoms with van der Waals surface area (Å²) in [6.07, 6.45) is 3.80. The molecular formula is C11H18N4O. The highest BCUT2D eigenvalue weighted by Gasteiger charge is 2.39. The van der Waals surface area contributed by atoms with Crippen molar-refractivity contribution in [1.82, 2.24) is 15.5 Å². The van der Waals surface area contributed by atoms with Gasteiger partial charge in [-0.05, 0) is 36.9 Å². The molecule has 1 aromatic rings. The van der Waals surface area contributed by atoms with Gasteiger partial charge in [0.2, 0.25) is 5.89 Å². The first-order valence-corrected chi connectivity index (χ1v) is 5.98. The summed E-state index contributed by atoms with van der Waals surface area (Å²) in [5, 5.41) is 7.55. The highest BCUT2D eigenvalue weighted by atomic mass is 16.5. The van der Waals surface area contributed by atoms with E-state index in [0.717, 1.165) is 18.4 Å². The van der Waals surface area contributed by atoms with Gasteiger partial charge in [-0.25, -0.2) is 0 Å². The molecule has 3 aliphatic rings. The van der Waals surface area contributed by atoms with Crippen LogP contribution in [0.25, 0.3) is 0 Å². The van der Waals surface area contributed by atoms with Crippen molar-refractivity contribution in [1.29, 1.82) is 0 Å². The van der Waals surface area contributed by atoms with E-state index < -0.39 is 0 Å². The van der Waals surface area contributed by atoms with Crippen LogP contribution >= 0.6 is 0 Å². The Morgan fingerprint density at radius 3 is 2.75 bits per heavy atom. The standard InChI is InChI=1S/C11H18N4O/c1-15(2)11-13-10(16-14-11)8-5-7-3-4-9(8)12-6-7/h7-9,12H,3-6H2,1-2H3. The van der Waals surface area contributed by atoms with Gasteiger partial charge in [-0.3, -0.25) is 0 Å². The summed E-state index contributed by atoms with van der Waals surface area (Å²) in [5.74, 6) is 2.71. The van der Waals surface area contributed by atoms with Gasteiger partial charge in [-0.15, -0.1) is 0 Å². The van der Waals surface area contributed by atoms with Crippen LogP contribution in [0.4, 0.5) is 5.95 Å². The normalized spacial score (nSPS) is 33.0. The lowest BCUT2D eigenvalue weighted by atomic mass is 9.74. The molecule has 1 saturated carbocycles. The summed E-state index contributed by atoms with van der Waals surface area (Å²) in [7, 11) is 3.86. The Kier molecular flexibility index (Phi) is 2.35. The van der Waals surface area contributed by atoms with Gasteiger partial charge in [0.25, 0.3) is 5.95 Å². The zero-order valence-electron chi connectivity index (χ0n) is 9.81. The lowest BCUT2D eigenvalue weighted by Crippen LogP contribution is -2.49. The Balaban J connectivity index is 1.81. The molecule has 0 radical (unpaired) electrons. The third kappa shape index (κ3) is 1.59. The van der Waals surface area contributed by atoms with Gasteiger partial charge < -0.3 is 14.7 Å². The number of nitrogens with one attached hydrogen (secondary N) is 1. The molecule has 1 N–H and O–H groups in total. The Bertz CT molecular complexity index is 368. The van der Waals surface area contributed by atoms with Crippen molar-refractivity contribution in [2.45, 2.75) is 31.2 Å². The summed E-state index contributed by atoms with van der Waals surface area (Å²) in [4.78, 5) is 6.34. The SMILES string of the molecule is CN(C)c1noc(C2CC3CCC2NC3)n1. The fourth-order valence-corrected chi connectivity index (χ4v) is 2.84. The molecule has 0 aromatic carbocycles. The molecule has 5 heteroatoms. The predicted octanol–water partition coefficient (Wildman–Crippen LogP) is 0.991. The highest BCUT2D eigenvalue weighted by Crippen LogP contribution is 2.39. The minimum Gasteiger partial charge on any atom is -0.344 e. The first kappa shape index (κ1) is 10.1. The van der Waals surface area contributed by atoms with Crippen LogP contribution in [-0.4, -0.2) is 36.8 Å². The first-order chi connectivity index (χ1) is 7.74. The summed E-state index contributed by atoms with van der Waals surface area (Å²) in [5.41, 5.74) is 0. The molecule has 1 aliphatic carbocycles. The van der Waals surface area contributed by atoms with E-state index in [1.165, 1.54) is 19.3 Å². The van der Waals surface area contributed by atoms with Gasteiger partial charge in [0.1, 0.15) is 0 Å². The maximum absolute atomic E-state index is 5.38. The summed E-state index contributed by atoms with van der Waals surface area (Å²) in [6, 6.07) is 0.542. The van der Waals surface area contributed by atoms with Crippen molar-refractivity contribution >= 4 is 5.95 Å². The second-order valence-corrected chi connectivity index (χ2v) is 5.13. The van der Waals surface area contributed by atoms with Crippen molar-refractivity contribution in [3.8, 4) is 0 Å².